The average molecular weight is 538 g/mol. The molecule has 12 heteroatoms. The molecule has 2 aromatic carbocycles. The molecule has 2 heterocycles. The van der Waals surface area contributed by atoms with E-state index >= 15 is 0 Å². The Morgan fingerprint density at radius 2 is 1.47 bits per heavy atom. The second-order valence-corrected chi connectivity index (χ2v) is 12.5. The molecule has 36 heavy (non-hydrogen) atoms. The molecular formula is C24H31N3O7S2. The number of sulfonamides is 2. The second-order valence-electron chi connectivity index (χ2n) is 8.81. The number of para-hydroxylation sites is 1. The first-order valence-corrected chi connectivity index (χ1v) is 14.8. The normalized spacial score (nSPS) is 20.6. The summed E-state index contributed by atoms with van der Waals surface area (Å²) in [7, 11) is -7.93. The second kappa shape index (κ2) is 11.8. The van der Waals surface area contributed by atoms with E-state index in [2.05, 4.69) is 10.0 Å². The van der Waals surface area contributed by atoms with E-state index in [0.29, 0.717) is 25.3 Å². The van der Waals surface area contributed by atoms with Crippen LogP contribution in [0.25, 0.3) is 0 Å². The number of nitrogens with zero attached hydrogens (tertiary/aromatic N) is 1. The van der Waals surface area contributed by atoms with Gasteiger partial charge in [0.15, 0.2) is 0 Å². The minimum Gasteiger partial charge on any atom is -0.377 e. The standard InChI is InChI=1S/C24H31N3O7S2/c28-24(26-19-6-2-1-3-7-19)18-27(17-21-9-5-15-34-21)36(31,32)23-12-10-22(11-13-23)35(29,30)25-16-20-8-4-14-33-20/h1-3,6-7,10-13,20-21,25H,4-5,8-9,14-18H2,(H,26,28)/t20-,21-/m1/s1. The largest absolute Gasteiger partial charge is 0.377 e. The lowest BCUT2D eigenvalue weighted by atomic mass is 10.2. The maximum absolute atomic E-state index is 13.5. The SMILES string of the molecule is O=C(CN(C[C@H]1CCCO1)S(=O)(=O)c1ccc(S(=O)(=O)NC[C@H]2CCCO2)cc1)Nc1ccccc1. The van der Waals surface area contributed by atoms with Gasteiger partial charge in [0.2, 0.25) is 26.0 Å². The highest BCUT2D eigenvalue weighted by Gasteiger charge is 2.31. The molecule has 0 aromatic heterocycles. The number of hydrogen-bond donors (Lipinski definition) is 2. The zero-order chi connectivity index (χ0) is 25.6. The lowest BCUT2D eigenvalue weighted by Crippen LogP contribution is -2.42. The van der Waals surface area contributed by atoms with Crippen molar-refractivity contribution in [1.82, 2.24) is 9.03 Å². The van der Waals surface area contributed by atoms with Crippen LogP contribution in [-0.2, 0) is 34.3 Å². The van der Waals surface area contributed by atoms with Crippen molar-refractivity contribution >= 4 is 31.6 Å². The summed E-state index contributed by atoms with van der Waals surface area (Å²) in [6.07, 6.45) is 2.72. The fraction of sp³-hybridized carbons (Fsp3) is 0.458. The summed E-state index contributed by atoms with van der Waals surface area (Å²) in [4.78, 5) is 12.5. The topological polar surface area (TPSA) is 131 Å². The third-order valence-electron chi connectivity index (χ3n) is 6.11. The van der Waals surface area contributed by atoms with Crippen LogP contribution in [0.1, 0.15) is 25.7 Å². The quantitative estimate of drug-likeness (QED) is 0.448. The van der Waals surface area contributed by atoms with Crippen molar-refractivity contribution in [2.45, 2.75) is 47.7 Å². The van der Waals surface area contributed by atoms with Gasteiger partial charge in [-0.2, -0.15) is 4.31 Å². The molecule has 1 amide bonds. The molecular weight excluding hydrogens is 506 g/mol. The molecule has 0 bridgehead atoms. The van der Waals surface area contributed by atoms with Crippen LogP contribution in [0.2, 0.25) is 0 Å². The predicted molar refractivity (Wildman–Crippen MR) is 133 cm³/mol. The van der Waals surface area contributed by atoms with Crippen molar-refractivity contribution in [1.29, 1.82) is 0 Å². The van der Waals surface area contributed by atoms with Gasteiger partial charge in [0.25, 0.3) is 0 Å². The summed E-state index contributed by atoms with van der Waals surface area (Å²) >= 11 is 0. The molecule has 0 radical (unpaired) electrons. The number of carbonyl (C=O) groups excluding carboxylic acids is 1. The van der Waals surface area contributed by atoms with E-state index in [1.54, 1.807) is 24.3 Å². The Morgan fingerprint density at radius 3 is 2.08 bits per heavy atom. The van der Waals surface area contributed by atoms with E-state index < -0.39 is 32.5 Å². The van der Waals surface area contributed by atoms with Gasteiger partial charge in [-0.15, -0.1) is 0 Å². The Kier molecular flexibility index (Phi) is 8.75. The maximum Gasteiger partial charge on any atom is 0.243 e. The number of carbonyl (C=O) groups is 1. The summed E-state index contributed by atoms with van der Waals surface area (Å²) in [6.45, 7) is 0.937. The number of benzene rings is 2. The fourth-order valence-electron chi connectivity index (χ4n) is 4.18. The van der Waals surface area contributed by atoms with Crippen LogP contribution in [-0.4, -0.2) is 72.1 Å². The van der Waals surface area contributed by atoms with Crippen LogP contribution in [0, 0.1) is 0 Å². The van der Waals surface area contributed by atoms with Crippen LogP contribution in [0.15, 0.2) is 64.4 Å². The minimum absolute atomic E-state index is 0.0214. The highest BCUT2D eigenvalue weighted by Crippen LogP contribution is 2.22. The Labute approximate surface area is 212 Å². The van der Waals surface area contributed by atoms with Gasteiger partial charge >= 0.3 is 0 Å². The average Bonchev–Trinajstić information content (AvgIpc) is 3.58. The predicted octanol–water partition coefficient (Wildman–Crippen LogP) is 1.95. The van der Waals surface area contributed by atoms with Gasteiger partial charge in [0.1, 0.15) is 0 Å². The lowest BCUT2D eigenvalue weighted by molar-refractivity contribution is -0.116. The van der Waals surface area contributed by atoms with E-state index in [1.807, 2.05) is 6.07 Å². The van der Waals surface area contributed by atoms with Crippen LogP contribution in [0.3, 0.4) is 0 Å². The monoisotopic (exact) mass is 537 g/mol. The van der Waals surface area contributed by atoms with Crippen LogP contribution >= 0.6 is 0 Å². The number of amides is 1. The minimum atomic E-state index is -4.11. The molecule has 10 nitrogen and oxygen atoms in total. The molecule has 2 saturated heterocycles. The first-order chi connectivity index (χ1) is 17.2. The van der Waals surface area contributed by atoms with Gasteiger partial charge in [-0.3, -0.25) is 4.79 Å². The number of hydrogen-bond acceptors (Lipinski definition) is 7. The summed E-state index contributed by atoms with van der Waals surface area (Å²) in [5.41, 5.74) is 0.557. The zero-order valence-electron chi connectivity index (χ0n) is 19.8. The summed E-state index contributed by atoms with van der Waals surface area (Å²) in [5.74, 6) is -0.486. The van der Waals surface area contributed by atoms with E-state index in [4.69, 9.17) is 9.47 Å². The van der Waals surface area contributed by atoms with Crippen molar-refractivity contribution in [3.8, 4) is 0 Å². The first-order valence-electron chi connectivity index (χ1n) is 11.9. The number of anilines is 1. The van der Waals surface area contributed by atoms with Crippen LogP contribution < -0.4 is 10.0 Å². The van der Waals surface area contributed by atoms with Crippen molar-refractivity contribution < 1.29 is 31.1 Å². The van der Waals surface area contributed by atoms with Crippen molar-refractivity contribution in [2.75, 3.05) is 38.2 Å². The number of ether oxygens (including phenoxy) is 2. The highest BCUT2D eigenvalue weighted by molar-refractivity contribution is 7.89. The Bertz CT molecular complexity index is 1220. The van der Waals surface area contributed by atoms with Gasteiger partial charge in [0.05, 0.1) is 28.5 Å². The van der Waals surface area contributed by atoms with Crippen LogP contribution in [0.5, 0.6) is 0 Å². The number of nitrogens with one attached hydrogen (secondary N) is 2. The molecule has 0 unspecified atom stereocenters. The zero-order valence-corrected chi connectivity index (χ0v) is 21.5. The van der Waals surface area contributed by atoms with Crippen molar-refractivity contribution in [3.05, 3.63) is 54.6 Å². The van der Waals surface area contributed by atoms with Gasteiger partial charge < -0.3 is 14.8 Å². The molecule has 0 aliphatic carbocycles. The van der Waals surface area contributed by atoms with Gasteiger partial charge in [-0.1, -0.05) is 18.2 Å². The third kappa shape index (κ3) is 6.90. The maximum atomic E-state index is 13.5. The van der Waals surface area contributed by atoms with E-state index in [9.17, 15) is 21.6 Å². The first kappa shape index (κ1) is 26.7. The lowest BCUT2D eigenvalue weighted by Gasteiger charge is -2.24. The molecule has 2 atom stereocenters. The molecule has 196 valence electrons. The Balaban J connectivity index is 1.48. The summed E-state index contributed by atoms with van der Waals surface area (Å²) in [5, 5.41) is 2.70. The van der Waals surface area contributed by atoms with E-state index in [-0.39, 0.29) is 35.1 Å². The summed E-state index contributed by atoms with van der Waals surface area (Å²) in [6, 6.07) is 13.8. The van der Waals surface area contributed by atoms with Gasteiger partial charge in [-0.05, 0) is 62.1 Å². The Morgan fingerprint density at radius 1 is 0.861 bits per heavy atom. The van der Waals surface area contributed by atoms with Crippen molar-refractivity contribution in [3.63, 3.8) is 0 Å². The molecule has 2 fully saturated rings. The number of rotatable bonds is 11. The summed E-state index contributed by atoms with van der Waals surface area (Å²) < 4.78 is 66.9. The molecule has 2 aromatic rings. The molecule has 2 aliphatic rings. The molecule has 2 N–H and O–H groups in total. The molecule has 0 spiro atoms. The third-order valence-corrected chi connectivity index (χ3v) is 9.37. The van der Waals surface area contributed by atoms with Gasteiger partial charge in [0, 0.05) is 32.0 Å². The molecule has 0 saturated carbocycles. The van der Waals surface area contributed by atoms with E-state index in [1.165, 1.54) is 24.3 Å². The van der Waals surface area contributed by atoms with Gasteiger partial charge in [-0.25, -0.2) is 21.6 Å². The highest BCUT2D eigenvalue weighted by atomic mass is 32.2. The van der Waals surface area contributed by atoms with E-state index in [0.717, 1.165) is 23.6 Å². The smallest absolute Gasteiger partial charge is 0.243 e. The molecule has 4 rings (SSSR count). The van der Waals surface area contributed by atoms with Crippen molar-refractivity contribution in [2.24, 2.45) is 0 Å². The molecule has 2 aliphatic heterocycles. The Hall–Kier alpha value is -2.35. The fourth-order valence-corrected chi connectivity index (χ4v) is 6.67. The van der Waals surface area contributed by atoms with Crippen LogP contribution in [0.4, 0.5) is 5.69 Å².